The number of nitrogens with one attached hydrogen (secondary N) is 1. The van der Waals surface area contributed by atoms with E-state index in [0.717, 1.165) is 10.9 Å². The molecule has 1 aromatic carbocycles. The van der Waals surface area contributed by atoms with Crippen LogP contribution in [0.5, 0.6) is 0 Å². The number of H-pyrrole nitrogens is 1. The first kappa shape index (κ1) is 21.3. The van der Waals surface area contributed by atoms with Gasteiger partial charge in [-0.25, -0.2) is 14.4 Å². The Morgan fingerprint density at radius 2 is 2.03 bits per heavy atom. The van der Waals surface area contributed by atoms with Gasteiger partial charge in [0.15, 0.2) is 5.78 Å². The van der Waals surface area contributed by atoms with Gasteiger partial charge in [-0.2, -0.15) is 0 Å². The van der Waals surface area contributed by atoms with Crippen molar-refractivity contribution in [3.05, 3.63) is 71.4 Å². The van der Waals surface area contributed by atoms with Gasteiger partial charge in [0.05, 0.1) is 30.2 Å². The van der Waals surface area contributed by atoms with E-state index in [4.69, 9.17) is 11.6 Å². The Hall–Kier alpha value is -3.52. The highest BCUT2D eigenvalue weighted by atomic mass is 35.5. The molecule has 2 atom stereocenters. The number of hydrogen-bond donors (Lipinski definition) is 1. The molecule has 168 valence electrons. The van der Waals surface area contributed by atoms with E-state index in [1.54, 1.807) is 35.2 Å². The Labute approximate surface area is 194 Å². The van der Waals surface area contributed by atoms with Crippen molar-refractivity contribution in [2.75, 3.05) is 6.54 Å². The Morgan fingerprint density at radius 1 is 1.21 bits per heavy atom. The summed E-state index contributed by atoms with van der Waals surface area (Å²) in [6, 6.07) is 12.2. The van der Waals surface area contributed by atoms with Crippen LogP contribution in [0.25, 0.3) is 22.3 Å². The van der Waals surface area contributed by atoms with E-state index in [1.807, 2.05) is 24.3 Å². The highest BCUT2D eigenvalue weighted by Crippen LogP contribution is 2.34. The number of imidazole rings is 1. The summed E-state index contributed by atoms with van der Waals surface area (Å²) >= 11 is 5.98. The summed E-state index contributed by atoms with van der Waals surface area (Å²) in [6.45, 7) is 1.50. The Morgan fingerprint density at radius 3 is 2.82 bits per heavy atom. The number of para-hydroxylation sites is 1. The van der Waals surface area contributed by atoms with Crippen molar-refractivity contribution in [1.82, 2.24) is 24.4 Å². The van der Waals surface area contributed by atoms with E-state index in [1.165, 1.54) is 11.8 Å². The first-order valence-electron chi connectivity index (χ1n) is 10.6. The third-order valence-electron chi connectivity index (χ3n) is 5.95. The SMILES string of the molecule is CC(=O)c1cn(CC(=O)N2C[C@H](F)C[C@H]2c2ncc(-c3cccc(Cl)n3)[nH]2)c2ccccc12. The second kappa shape index (κ2) is 8.44. The zero-order valence-electron chi connectivity index (χ0n) is 17.8. The number of carbonyl (C=O) groups is 2. The van der Waals surface area contributed by atoms with Crippen LogP contribution in [0.2, 0.25) is 5.15 Å². The summed E-state index contributed by atoms with van der Waals surface area (Å²) in [5.74, 6) is 0.190. The molecular weight excluding hydrogens is 445 g/mol. The van der Waals surface area contributed by atoms with E-state index in [2.05, 4.69) is 15.0 Å². The third kappa shape index (κ3) is 4.02. The molecule has 0 aliphatic carbocycles. The molecule has 4 heterocycles. The zero-order valence-corrected chi connectivity index (χ0v) is 18.6. The van der Waals surface area contributed by atoms with Gasteiger partial charge in [0.2, 0.25) is 5.91 Å². The summed E-state index contributed by atoms with van der Waals surface area (Å²) in [7, 11) is 0. The van der Waals surface area contributed by atoms with Crippen molar-refractivity contribution in [1.29, 1.82) is 0 Å². The van der Waals surface area contributed by atoms with Gasteiger partial charge >= 0.3 is 0 Å². The highest BCUT2D eigenvalue weighted by molar-refractivity contribution is 6.29. The van der Waals surface area contributed by atoms with Crippen LogP contribution in [-0.2, 0) is 11.3 Å². The fraction of sp³-hybridized carbons (Fsp3) is 0.250. The predicted octanol–water partition coefficient (Wildman–Crippen LogP) is 4.59. The highest BCUT2D eigenvalue weighted by Gasteiger charge is 2.38. The molecule has 0 saturated carbocycles. The number of halogens is 2. The van der Waals surface area contributed by atoms with Crippen LogP contribution in [-0.4, -0.2) is 48.8 Å². The number of ketones is 1. The summed E-state index contributed by atoms with van der Waals surface area (Å²) in [5, 5.41) is 1.15. The molecule has 0 unspecified atom stereocenters. The van der Waals surface area contributed by atoms with Crippen molar-refractivity contribution in [3.63, 3.8) is 0 Å². The molecule has 1 fully saturated rings. The van der Waals surface area contributed by atoms with Gasteiger partial charge in [-0.1, -0.05) is 35.9 Å². The first-order chi connectivity index (χ1) is 15.9. The van der Waals surface area contributed by atoms with Gasteiger partial charge in [0.1, 0.15) is 23.7 Å². The first-order valence-corrected chi connectivity index (χ1v) is 11.0. The molecule has 1 saturated heterocycles. The number of rotatable bonds is 5. The number of Topliss-reactive ketones (excluding diaryl/α,β-unsaturated/α-hetero) is 1. The van der Waals surface area contributed by atoms with Gasteiger partial charge in [-0.3, -0.25) is 9.59 Å². The third-order valence-corrected chi connectivity index (χ3v) is 6.16. The number of aromatic amines is 1. The number of likely N-dealkylation sites (tertiary alicyclic amines) is 1. The minimum absolute atomic E-state index is 0.000424. The molecule has 0 radical (unpaired) electrons. The Kier molecular flexibility index (Phi) is 5.46. The number of benzene rings is 1. The fourth-order valence-electron chi connectivity index (χ4n) is 4.41. The van der Waals surface area contributed by atoms with Crippen molar-refractivity contribution in [2.45, 2.75) is 32.1 Å². The lowest BCUT2D eigenvalue weighted by molar-refractivity contribution is -0.133. The number of pyridine rings is 1. The second-order valence-corrected chi connectivity index (χ2v) is 8.55. The standard InChI is InChI=1S/C24H21ClFN5O2/c1-14(32)17-12-30(20-7-3-2-5-16(17)20)13-23(33)31-11-15(26)9-21(31)24-27-10-19(29-24)18-6-4-8-22(25)28-18/h2-8,10,12,15,21H,9,11,13H2,1H3,(H,27,29)/t15-,21+/m1/s1. The molecular formula is C24H21ClFN5O2. The number of amides is 1. The number of aromatic nitrogens is 4. The summed E-state index contributed by atoms with van der Waals surface area (Å²) < 4.78 is 16.2. The predicted molar refractivity (Wildman–Crippen MR) is 123 cm³/mol. The molecule has 3 aromatic heterocycles. The van der Waals surface area contributed by atoms with E-state index in [-0.39, 0.29) is 31.2 Å². The molecule has 5 rings (SSSR count). The average molecular weight is 466 g/mol. The number of carbonyl (C=O) groups excluding carboxylic acids is 2. The fourth-order valence-corrected chi connectivity index (χ4v) is 4.57. The zero-order chi connectivity index (χ0) is 23.1. The van der Waals surface area contributed by atoms with Crippen LogP contribution in [0, 0.1) is 0 Å². The minimum Gasteiger partial charge on any atom is -0.339 e. The van der Waals surface area contributed by atoms with Gasteiger partial charge in [-0.05, 0) is 25.1 Å². The largest absolute Gasteiger partial charge is 0.339 e. The summed E-state index contributed by atoms with van der Waals surface area (Å²) in [5.41, 5.74) is 2.61. The van der Waals surface area contributed by atoms with Crippen molar-refractivity contribution in [2.24, 2.45) is 0 Å². The molecule has 1 N–H and O–H groups in total. The van der Waals surface area contributed by atoms with E-state index in [9.17, 15) is 14.0 Å². The van der Waals surface area contributed by atoms with Crippen LogP contribution in [0.3, 0.4) is 0 Å². The maximum atomic E-state index is 14.4. The molecule has 1 amide bonds. The Balaban J connectivity index is 1.42. The van der Waals surface area contributed by atoms with Crippen molar-refractivity contribution in [3.8, 4) is 11.4 Å². The number of hydrogen-bond acceptors (Lipinski definition) is 4. The van der Waals surface area contributed by atoms with Crippen LogP contribution in [0.15, 0.2) is 54.9 Å². The topological polar surface area (TPSA) is 83.9 Å². The second-order valence-electron chi connectivity index (χ2n) is 8.17. The van der Waals surface area contributed by atoms with Gasteiger partial charge in [0, 0.05) is 29.1 Å². The molecule has 4 aromatic rings. The molecule has 1 aliphatic heterocycles. The number of alkyl halides is 1. The lowest BCUT2D eigenvalue weighted by Crippen LogP contribution is -2.34. The van der Waals surface area contributed by atoms with Gasteiger partial charge in [0.25, 0.3) is 0 Å². The van der Waals surface area contributed by atoms with Gasteiger partial charge < -0.3 is 14.5 Å². The maximum Gasteiger partial charge on any atom is 0.243 e. The number of nitrogens with zero attached hydrogens (tertiary/aromatic N) is 4. The normalized spacial score (nSPS) is 18.2. The van der Waals surface area contributed by atoms with Gasteiger partial charge in [-0.15, -0.1) is 0 Å². The van der Waals surface area contributed by atoms with Crippen molar-refractivity contribution >= 4 is 34.2 Å². The smallest absolute Gasteiger partial charge is 0.243 e. The van der Waals surface area contributed by atoms with E-state index >= 15 is 0 Å². The lowest BCUT2D eigenvalue weighted by atomic mass is 10.1. The van der Waals surface area contributed by atoms with Crippen LogP contribution in [0.4, 0.5) is 4.39 Å². The molecule has 0 bridgehead atoms. The van der Waals surface area contributed by atoms with Crippen LogP contribution < -0.4 is 0 Å². The molecule has 0 spiro atoms. The molecule has 7 nitrogen and oxygen atoms in total. The Bertz CT molecular complexity index is 1360. The van der Waals surface area contributed by atoms with Crippen LogP contribution in [0.1, 0.15) is 35.6 Å². The van der Waals surface area contributed by atoms with E-state index in [0.29, 0.717) is 27.9 Å². The molecule has 1 aliphatic rings. The van der Waals surface area contributed by atoms with E-state index < -0.39 is 12.2 Å². The number of fused-ring (bicyclic) bond motifs is 1. The average Bonchev–Trinajstić information content (AvgIpc) is 3.51. The lowest BCUT2D eigenvalue weighted by Gasteiger charge is -2.23. The monoisotopic (exact) mass is 465 g/mol. The molecule has 9 heteroatoms. The minimum atomic E-state index is -1.15. The molecule has 33 heavy (non-hydrogen) atoms. The summed E-state index contributed by atoms with van der Waals surface area (Å²) in [6.07, 6.45) is 2.32. The maximum absolute atomic E-state index is 14.4. The quantitative estimate of drug-likeness (QED) is 0.345. The van der Waals surface area contributed by atoms with Crippen LogP contribution >= 0.6 is 11.6 Å². The van der Waals surface area contributed by atoms with Crippen molar-refractivity contribution < 1.29 is 14.0 Å². The summed E-state index contributed by atoms with van der Waals surface area (Å²) in [4.78, 5) is 38.7.